The number of carbonyl (C=O) groups excluding carboxylic acids is 1. The second-order valence-corrected chi connectivity index (χ2v) is 5.52. The lowest BCUT2D eigenvalue weighted by Crippen LogP contribution is -2.29. The predicted molar refractivity (Wildman–Crippen MR) is 94.3 cm³/mol. The largest absolute Gasteiger partial charge is 0.326 e. The van der Waals surface area contributed by atoms with Gasteiger partial charge in [-0.05, 0) is 29.8 Å². The number of aliphatic imine (C=N–C) groups is 1. The molecule has 6 heteroatoms. The number of amides is 1. The second-order valence-electron chi connectivity index (χ2n) is 5.52. The summed E-state index contributed by atoms with van der Waals surface area (Å²) in [5.41, 5.74) is 3.15. The van der Waals surface area contributed by atoms with E-state index in [-0.39, 0.29) is 5.91 Å². The van der Waals surface area contributed by atoms with Gasteiger partial charge in [-0.15, -0.1) is 0 Å². The summed E-state index contributed by atoms with van der Waals surface area (Å²) in [6.45, 7) is 0. The van der Waals surface area contributed by atoms with Crippen molar-refractivity contribution in [2.24, 2.45) is 12.0 Å². The lowest BCUT2D eigenvalue weighted by atomic mass is 10.1. The van der Waals surface area contributed by atoms with Crippen LogP contribution in [0, 0.1) is 0 Å². The fourth-order valence-corrected chi connectivity index (χ4v) is 2.59. The highest BCUT2D eigenvalue weighted by Gasteiger charge is 2.20. The van der Waals surface area contributed by atoms with E-state index in [0.717, 1.165) is 22.2 Å². The Labute approximate surface area is 138 Å². The van der Waals surface area contributed by atoms with Gasteiger partial charge >= 0.3 is 0 Å². The van der Waals surface area contributed by atoms with Gasteiger partial charge in [-0.1, -0.05) is 30.3 Å². The summed E-state index contributed by atoms with van der Waals surface area (Å²) in [7, 11) is 1.89. The molecule has 0 spiro atoms. The number of aryl methyl sites for hydroxylation is 1. The average molecular weight is 317 g/mol. The number of hydrogen-bond donors (Lipinski definition) is 2. The van der Waals surface area contributed by atoms with Crippen molar-refractivity contribution < 1.29 is 4.79 Å². The first-order chi connectivity index (χ1) is 11.7. The molecule has 0 atom stereocenters. The minimum absolute atomic E-state index is 0.224. The summed E-state index contributed by atoms with van der Waals surface area (Å²) in [4.78, 5) is 16.4. The lowest BCUT2D eigenvalue weighted by molar-refractivity contribution is -0.115. The van der Waals surface area contributed by atoms with Crippen LogP contribution in [0.1, 0.15) is 5.56 Å². The van der Waals surface area contributed by atoms with Gasteiger partial charge in [0.25, 0.3) is 5.91 Å². The van der Waals surface area contributed by atoms with Gasteiger partial charge < -0.3 is 5.32 Å². The molecule has 2 heterocycles. The van der Waals surface area contributed by atoms with E-state index in [1.807, 2.05) is 61.8 Å². The monoisotopic (exact) mass is 317 g/mol. The Morgan fingerprint density at radius 2 is 2.00 bits per heavy atom. The highest BCUT2D eigenvalue weighted by molar-refractivity contribution is 6.17. The van der Waals surface area contributed by atoms with E-state index in [2.05, 4.69) is 20.7 Å². The molecule has 1 aromatic heterocycles. The van der Waals surface area contributed by atoms with Gasteiger partial charge in [0, 0.05) is 18.1 Å². The number of fused-ring (bicyclic) bond motifs is 1. The minimum Gasteiger partial charge on any atom is -0.326 e. The molecule has 0 saturated carbocycles. The molecule has 1 aliphatic heterocycles. The molecule has 2 N–H and O–H groups in total. The van der Waals surface area contributed by atoms with Crippen molar-refractivity contribution in [1.82, 2.24) is 15.1 Å². The summed E-state index contributed by atoms with van der Waals surface area (Å²) in [5, 5.41) is 11.1. The Bertz CT molecular complexity index is 985. The molecule has 0 bridgehead atoms. The first-order valence-electron chi connectivity index (χ1n) is 7.55. The molecule has 0 saturated heterocycles. The third-order valence-electron chi connectivity index (χ3n) is 3.81. The van der Waals surface area contributed by atoms with Crippen molar-refractivity contribution in [3.05, 3.63) is 66.0 Å². The fourth-order valence-electron chi connectivity index (χ4n) is 2.59. The van der Waals surface area contributed by atoms with Crippen molar-refractivity contribution in [3.8, 4) is 0 Å². The molecule has 1 aliphatic rings. The van der Waals surface area contributed by atoms with Crippen LogP contribution in [0.2, 0.25) is 0 Å². The molecule has 0 unspecified atom stereocenters. The van der Waals surface area contributed by atoms with Crippen molar-refractivity contribution in [2.45, 2.75) is 0 Å². The third-order valence-corrected chi connectivity index (χ3v) is 3.81. The maximum absolute atomic E-state index is 12.1. The summed E-state index contributed by atoms with van der Waals surface area (Å²) < 4.78 is 1.80. The van der Waals surface area contributed by atoms with Gasteiger partial charge in [0.05, 0.1) is 11.7 Å². The van der Waals surface area contributed by atoms with E-state index in [4.69, 9.17) is 0 Å². The van der Waals surface area contributed by atoms with Crippen LogP contribution in [0.15, 0.2) is 65.4 Å². The number of anilines is 1. The minimum atomic E-state index is -0.224. The quantitative estimate of drug-likeness (QED) is 0.713. The number of nitrogens with zero attached hydrogens (tertiary/aromatic N) is 3. The van der Waals surface area contributed by atoms with Gasteiger partial charge in [-0.3, -0.25) is 14.8 Å². The molecule has 0 aliphatic carbocycles. The van der Waals surface area contributed by atoms with E-state index in [9.17, 15) is 4.79 Å². The highest BCUT2D eigenvalue weighted by Crippen LogP contribution is 2.19. The Kier molecular flexibility index (Phi) is 3.35. The zero-order chi connectivity index (χ0) is 16.5. The Morgan fingerprint density at radius 3 is 2.83 bits per heavy atom. The zero-order valence-electron chi connectivity index (χ0n) is 13.0. The zero-order valence-corrected chi connectivity index (χ0v) is 13.0. The molecule has 118 valence electrons. The molecular weight excluding hydrogens is 302 g/mol. The molecular formula is C18H15N5O. The number of carbonyl (C=O) groups is 1. The first kappa shape index (κ1) is 14.2. The molecule has 0 radical (unpaired) electrons. The average Bonchev–Trinajstić information content (AvgIpc) is 3.12. The molecule has 2 aromatic carbocycles. The predicted octanol–water partition coefficient (Wildman–Crippen LogP) is 2.51. The van der Waals surface area contributed by atoms with E-state index < -0.39 is 0 Å². The van der Waals surface area contributed by atoms with Crippen molar-refractivity contribution in [2.75, 3.05) is 5.32 Å². The lowest BCUT2D eigenvalue weighted by Gasteiger charge is -2.03. The standard InChI is InChI=1S/C18H15N5O/c1-23-16-10-12(7-8-13(16)11-19-23)9-15-17(24)22-18(21-15)20-14-5-3-2-4-6-14/h2-11H,1H3,(H2,20,21,22,24)/b15-9-. The SMILES string of the molecule is Cn1ncc2ccc(/C=C3\N=C(Nc4ccccc4)NC3=O)cc21. The third kappa shape index (κ3) is 2.65. The Morgan fingerprint density at radius 1 is 1.17 bits per heavy atom. The first-order valence-corrected chi connectivity index (χ1v) is 7.55. The van der Waals surface area contributed by atoms with Gasteiger partial charge in [0.15, 0.2) is 0 Å². The summed E-state index contributed by atoms with van der Waals surface area (Å²) in [5.74, 6) is 0.206. The van der Waals surface area contributed by atoms with Crippen LogP contribution in [-0.4, -0.2) is 21.6 Å². The Hall–Kier alpha value is -3.41. The van der Waals surface area contributed by atoms with Crippen molar-refractivity contribution in [3.63, 3.8) is 0 Å². The van der Waals surface area contributed by atoms with E-state index in [1.54, 1.807) is 10.8 Å². The molecule has 4 rings (SSSR count). The van der Waals surface area contributed by atoms with Crippen LogP contribution in [0.3, 0.4) is 0 Å². The van der Waals surface area contributed by atoms with Gasteiger partial charge in [-0.25, -0.2) is 4.99 Å². The van der Waals surface area contributed by atoms with E-state index in [1.165, 1.54) is 0 Å². The van der Waals surface area contributed by atoms with E-state index in [0.29, 0.717) is 11.7 Å². The molecule has 6 nitrogen and oxygen atoms in total. The molecule has 3 aromatic rings. The maximum atomic E-state index is 12.1. The van der Waals surface area contributed by atoms with Crippen LogP contribution < -0.4 is 10.6 Å². The van der Waals surface area contributed by atoms with Crippen LogP contribution in [0.25, 0.3) is 17.0 Å². The second kappa shape index (κ2) is 5.66. The summed E-state index contributed by atoms with van der Waals surface area (Å²) >= 11 is 0. The number of para-hydroxylation sites is 1. The number of benzene rings is 2. The molecule has 1 amide bonds. The number of aromatic nitrogens is 2. The number of rotatable bonds is 2. The van der Waals surface area contributed by atoms with Crippen LogP contribution >= 0.6 is 0 Å². The number of nitrogens with one attached hydrogen (secondary N) is 2. The van der Waals surface area contributed by atoms with Crippen molar-refractivity contribution in [1.29, 1.82) is 0 Å². The van der Waals surface area contributed by atoms with Gasteiger partial charge in [-0.2, -0.15) is 5.10 Å². The number of hydrogen-bond acceptors (Lipinski definition) is 4. The summed E-state index contributed by atoms with van der Waals surface area (Å²) in [6, 6.07) is 15.5. The number of guanidine groups is 1. The Balaban J connectivity index is 1.63. The molecule has 0 fully saturated rings. The summed E-state index contributed by atoms with van der Waals surface area (Å²) in [6.07, 6.45) is 3.58. The van der Waals surface area contributed by atoms with Gasteiger partial charge in [0.1, 0.15) is 5.70 Å². The normalized spacial score (nSPS) is 15.6. The molecule has 24 heavy (non-hydrogen) atoms. The van der Waals surface area contributed by atoms with Crippen LogP contribution in [-0.2, 0) is 11.8 Å². The van der Waals surface area contributed by atoms with Crippen molar-refractivity contribution >= 4 is 34.5 Å². The van der Waals surface area contributed by atoms with Crippen LogP contribution in [0.5, 0.6) is 0 Å². The topological polar surface area (TPSA) is 71.3 Å². The van der Waals surface area contributed by atoms with Crippen LogP contribution in [0.4, 0.5) is 5.69 Å². The highest BCUT2D eigenvalue weighted by atomic mass is 16.2. The van der Waals surface area contributed by atoms with E-state index >= 15 is 0 Å². The smallest absolute Gasteiger partial charge is 0.276 e. The fraction of sp³-hybridized carbons (Fsp3) is 0.0556. The van der Waals surface area contributed by atoms with Gasteiger partial charge in [0.2, 0.25) is 5.96 Å². The maximum Gasteiger partial charge on any atom is 0.276 e.